The van der Waals surface area contributed by atoms with Crippen molar-refractivity contribution in [1.82, 2.24) is 9.97 Å². The molecule has 2 aromatic rings. The number of carbonyl (C=O) groups excluding carboxylic acids is 1. The number of hydrogen-bond acceptors (Lipinski definition) is 4. The molecule has 0 aliphatic carbocycles. The van der Waals surface area contributed by atoms with E-state index in [9.17, 15) is 4.79 Å². The second kappa shape index (κ2) is 6.14. The van der Waals surface area contributed by atoms with Crippen molar-refractivity contribution < 1.29 is 9.53 Å². The standard InChI is InChI=1S/C15H17N3O2/c1-4-20-15-16-8-12(9-17-15)18-14(19)13-7-10(2)5-6-11(13)3/h5-9H,4H2,1-3H3,(H,18,19). The lowest BCUT2D eigenvalue weighted by Crippen LogP contribution is -2.14. The van der Waals surface area contributed by atoms with Crippen LogP contribution in [0.2, 0.25) is 0 Å². The number of hydrogen-bond donors (Lipinski definition) is 1. The van der Waals surface area contributed by atoms with Crippen LogP contribution in [0.15, 0.2) is 30.6 Å². The van der Waals surface area contributed by atoms with Crippen LogP contribution < -0.4 is 10.1 Å². The molecule has 0 bridgehead atoms. The van der Waals surface area contributed by atoms with E-state index in [2.05, 4.69) is 15.3 Å². The monoisotopic (exact) mass is 271 g/mol. The van der Waals surface area contributed by atoms with Gasteiger partial charge in [-0.3, -0.25) is 4.79 Å². The van der Waals surface area contributed by atoms with Crippen LogP contribution in [-0.4, -0.2) is 22.5 Å². The van der Waals surface area contributed by atoms with Crippen LogP contribution in [0.4, 0.5) is 5.69 Å². The molecular formula is C15H17N3O2. The molecule has 0 saturated heterocycles. The number of anilines is 1. The number of ether oxygens (including phenoxy) is 1. The first-order valence-corrected chi connectivity index (χ1v) is 6.43. The van der Waals surface area contributed by atoms with Gasteiger partial charge in [-0.2, -0.15) is 0 Å². The Bertz CT molecular complexity index is 609. The molecule has 1 aromatic carbocycles. The zero-order valence-electron chi connectivity index (χ0n) is 11.8. The minimum atomic E-state index is -0.168. The van der Waals surface area contributed by atoms with E-state index >= 15 is 0 Å². The van der Waals surface area contributed by atoms with Gasteiger partial charge in [0.05, 0.1) is 24.7 Å². The fraction of sp³-hybridized carbons (Fsp3) is 0.267. The second-order valence-electron chi connectivity index (χ2n) is 4.46. The fourth-order valence-electron chi connectivity index (χ4n) is 1.76. The molecule has 1 amide bonds. The Labute approximate surface area is 118 Å². The Morgan fingerprint density at radius 3 is 2.60 bits per heavy atom. The summed E-state index contributed by atoms with van der Waals surface area (Å²) in [5.41, 5.74) is 3.17. The number of carbonyl (C=O) groups is 1. The number of rotatable bonds is 4. The third-order valence-corrected chi connectivity index (χ3v) is 2.80. The van der Waals surface area contributed by atoms with Crippen molar-refractivity contribution in [2.75, 3.05) is 11.9 Å². The first-order chi connectivity index (χ1) is 9.60. The van der Waals surface area contributed by atoms with Crippen molar-refractivity contribution >= 4 is 11.6 Å². The Hall–Kier alpha value is -2.43. The first-order valence-electron chi connectivity index (χ1n) is 6.43. The maximum Gasteiger partial charge on any atom is 0.316 e. The lowest BCUT2D eigenvalue weighted by molar-refractivity contribution is 0.102. The minimum absolute atomic E-state index is 0.168. The number of amides is 1. The van der Waals surface area contributed by atoms with E-state index in [1.165, 1.54) is 12.4 Å². The molecule has 5 heteroatoms. The van der Waals surface area contributed by atoms with Crippen molar-refractivity contribution in [2.24, 2.45) is 0 Å². The molecule has 0 aliphatic rings. The number of aromatic nitrogens is 2. The summed E-state index contributed by atoms with van der Waals surface area (Å²) in [5.74, 6) is -0.168. The molecule has 1 N–H and O–H groups in total. The number of benzene rings is 1. The quantitative estimate of drug-likeness (QED) is 0.928. The van der Waals surface area contributed by atoms with Crippen molar-refractivity contribution in [3.8, 4) is 6.01 Å². The molecule has 104 valence electrons. The van der Waals surface area contributed by atoms with Crippen LogP contribution in [0.5, 0.6) is 6.01 Å². The van der Waals surface area contributed by atoms with Gasteiger partial charge in [0, 0.05) is 5.56 Å². The van der Waals surface area contributed by atoms with E-state index < -0.39 is 0 Å². The molecular weight excluding hydrogens is 254 g/mol. The summed E-state index contributed by atoms with van der Waals surface area (Å²) >= 11 is 0. The smallest absolute Gasteiger partial charge is 0.316 e. The largest absolute Gasteiger partial charge is 0.464 e. The van der Waals surface area contributed by atoms with E-state index in [1.807, 2.05) is 39.0 Å². The molecule has 1 heterocycles. The molecule has 0 atom stereocenters. The summed E-state index contributed by atoms with van der Waals surface area (Å²) in [6, 6.07) is 6.07. The molecule has 0 unspecified atom stereocenters. The Kier molecular flexibility index (Phi) is 4.30. The van der Waals surface area contributed by atoms with Gasteiger partial charge in [-0.05, 0) is 32.4 Å². The normalized spacial score (nSPS) is 10.2. The van der Waals surface area contributed by atoms with E-state index in [-0.39, 0.29) is 5.91 Å². The lowest BCUT2D eigenvalue weighted by Gasteiger charge is -2.08. The Balaban J connectivity index is 2.13. The molecule has 0 saturated carbocycles. The number of aryl methyl sites for hydroxylation is 2. The average molecular weight is 271 g/mol. The van der Waals surface area contributed by atoms with Gasteiger partial charge in [0.1, 0.15) is 0 Å². The van der Waals surface area contributed by atoms with Gasteiger partial charge < -0.3 is 10.1 Å². The van der Waals surface area contributed by atoms with Gasteiger partial charge in [-0.1, -0.05) is 17.7 Å². The van der Waals surface area contributed by atoms with E-state index in [4.69, 9.17) is 4.74 Å². The van der Waals surface area contributed by atoms with Crippen LogP contribution in [0.25, 0.3) is 0 Å². The third kappa shape index (κ3) is 3.32. The summed E-state index contributed by atoms with van der Waals surface area (Å²) in [5, 5.41) is 2.78. The van der Waals surface area contributed by atoms with E-state index in [1.54, 1.807) is 0 Å². The zero-order chi connectivity index (χ0) is 14.5. The fourth-order valence-corrected chi connectivity index (χ4v) is 1.76. The van der Waals surface area contributed by atoms with Crippen molar-refractivity contribution in [1.29, 1.82) is 0 Å². The van der Waals surface area contributed by atoms with Crippen LogP contribution >= 0.6 is 0 Å². The highest BCUT2D eigenvalue weighted by molar-refractivity contribution is 6.05. The van der Waals surface area contributed by atoms with Crippen LogP contribution in [0, 0.1) is 13.8 Å². The average Bonchev–Trinajstić information content (AvgIpc) is 2.44. The summed E-state index contributed by atoms with van der Waals surface area (Å²) < 4.78 is 5.15. The highest BCUT2D eigenvalue weighted by atomic mass is 16.5. The topological polar surface area (TPSA) is 64.1 Å². The molecule has 0 spiro atoms. The van der Waals surface area contributed by atoms with Gasteiger partial charge in [-0.15, -0.1) is 0 Å². The van der Waals surface area contributed by atoms with Crippen LogP contribution in [-0.2, 0) is 0 Å². The molecule has 20 heavy (non-hydrogen) atoms. The summed E-state index contributed by atoms with van der Waals surface area (Å²) in [6.45, 7) is 6.23. The molecule has 0 fully saturated rings. The summed E-state index contributed by atoms with van der Waals surface area (Å²) in [6.07, 6.45) is 3.06. The van der Waals surface area contributed by atoms with Crippen LogP contribution in [0.3, 0.4) is 0 Å². The van der Waals surface area contributed by atoms with Gasteiger partial charge in [0.2, 0.25) is 0 Å². The molecule has 0 aliphatic heterocycles. The van der Waals surface area contributed by atoms with Crippen LogP contribution in [0.1, 0.15) is 28.4 Å². The van der Waals surface area contributed by atoms with Gasteiger partial charge in [0.15, 0.2) is 0 Å². The number of nitrogens with zero attached hydrogens (tertiary/aromatic N) is 2. The number of nitrogens with one attached hydrogen (secondary N) is 1. The zero-order valence-corrected chi connectivity index (χ0v) is 11.8. The first kappa shape index (κ1) is 14.0. The molecule has 0 radical (unpaired) electrons. The van der Waals surface area contributed by atoms with Gasteiger partial charge in [-0.25, -0.2) is 9.97 Å². The molecule has 5 nitrogen and oxygen atoms in total. The lowest BCUT2D eigenvalue weighted by atomic mass is 10.1. The predicted octanol–water partition coefficient (Wildman–Crippen LogP) is 2.74. The molecule has 2 rings (SSSR count). The second-order valence-corrected chi connectivity index (χ2v) is 4.46. The Morgan fingerprint density at radius 2 is 1.95 bits per heavy atom. The van der Waals surface area contributed by atoms with Crippen molar-refractivity contribution in [2.45, 2.75) is 20.8 Å². The highest BCUT2D eigenvalue weighted by Crippen LogP contribution is 2.14. The minimum Gasteiger partial charge on any atom is -0.464 e. The summed E-state index contributed by atoms with van der Waals surface area (Å²) in [4.78, 5) is 20.2. The van der Waals surface area contributed by atoms with Crippen molar-refractivity contribution in [3.63, 3.8) is 0 Å². The van der Waals surface area contributed by atoms with E-state index in [0.29, 0.717) is 23.9 Å². The highest BCUT2D eigenvalue weighted by Gasteiger charge is 2.10. The van der Waals surface area contributed by atoms with Crippen molar-refractivity contribution in [3.05, 3.63) is 47.3 Å². The molecule has 1 aromatic heterocycles. The summed E-state index contributed by atoms with van der Waals surface area (Å²) in [7, 11) is 0. The van der Waals surface area contributed by atoms with Gasteiger partial charge >= 0.3 is 6.01 Å². The van der Waals surface area contributed by atoms with E-state index in [0.717, 1.165) is 11.1 Å². The third-order valence-electron chi connectivity index (χ3n) is 2.80. The predicted molar refractivity (Wildman–Crippen MR) is 77.1 cm³/mol. The Morgan fingerprint density at radius 1 is 1.25 bits per heavy atom. The van der Waals surface area contributed by atoms with Gasteiger partial charge in [0.25, 0.3) is 5.91 Å². The maximum absolute atomic E-state index is 12.2. The SMILES string of the molecule is CCOc1ncc(NC(=O)c2cc(C)ccc2C)cn1. The maximum atomic E-state index is 12.2.